The van der Waals surface area contributed by atoms with E-state index in [0.29, 0.717) is 0 Å². The third-order valence-electron chi connectivity index (χ3n) is 3.37. The molecule has 0 saturated heterocycles. The Morgan fingerprint density at radius 3 is 2.94 bits per heavy atom. The van der Waals surface area contributed by atoms with E-state index in [4.69, 9.17) is 0 Å². The number of hydrogen-bond donors (Lipinski definition) is 1. The molecule has 1 aromatic carbocycles. The lowest BCUT2D eigenvalue weighted by Gasteiger charge is -2.08. The summed E-state index contributed by atoms with van der Waals surface area (Å²) < 4.78 is 2.14. The molecule has 0 atom stereocenters. The van der Waals surface area contributed by atoms with E-state index in [-0.39, 0.29) is 6.61 Å². The van der Waals surface area contributed by atoms with Crippen LogP contribution in [0.4, 0.5) is 0 Å². The fourth-order valence-electron chi connectivity index (χ4n) is 2.49. The lowest BCUT2D eigenvalue weighted by Crippen LogP contribution is -2.01. The molecule has 1 aliphatic rings. The van der Waals surface area contributed by atoms with Crippen molar-refractivity contribution in [2.24, 2.45) is 0 Å². The Morgan fingerprint density at radius 2 is 2.22 bits per heavy atom. The second-order valence-electron chi connectivity index (χ2n) is 4.67. The second-order valence-corrected chi connectivity index (χ2v) is 5.73. The summed E-state index contributed by atoms with van der Waals surface area (Å²) >= 11 is 1.76. The lowest BCUT2D eigenvalue weighted by molar-refractivity contribution is 0.271. The van der Waals surface area contributed by atoms with Crippen LogP contribution >= 0.6 is 11.8 Å². The molecule has 0 spiro atoms. The Morgan fingerprint density at radius 1 is 1.39 bits per heavy atom. The van der Waals surface area contributed by atoms with Crippen LogP contribution in [-0.4, -0.2) is 20.4 Å². The fourth-order valence-corrected chi connectivity index (χ4v) is 3.46. The van der Waals surface area contributed by atoms with Gasteiger partial charge < -0.3 is 9.67 Å². The van der Waals surface area contributed by atoms with Crippen LogP contribution in [0.25, 0.3) is 11.3 Å². The molecule has 94 valence electrons. The van der Waals surface area contributed by atoms with Crippen LogP contribution in [0.5, 0.6) is 0 Å². The molecule has 0 fully saturated rings. The maximum absolute atomic E-state index is 9.61. The number of hydrogen-bond acceptors (Lipinski definition) is 3. The summed E-state index contributed by atoms with van der Waals surface area (Å²) in [5, 5.41) is 10.6. The highest BCUT2D eigenvalue weighted by Gasteiger charge is 2.22. The van der Waals surface area contributed by atoms with Gasteiger partial charge in [-0.1, -0.05) is 35.5 Å². The molecule has 1 aliphatic heterocycles. The lowest BCUT2D eigenvalue weighted by atomic mass is 10.0. The van der Waals surface area contributed by atoms with Crippen molar-refractivity contribution in [3.05, 3.63) is 35.0 Å². The summed E-state index contributed by atoms with van der Waals surface area (Å²) in [7, 11) is 0. The van der Waals surface area contributed by atoms with Crippen molar-refractivity contribution in [3.63, 3.8) is 0 Å². The molecule has 0 saturated carbocycles. The van der Waals surface area contributed by atoms with Crippen LogP contribution in [0.15, 0.2) is 23.4 Å². The van der Waals surface area contributed by atoms with Crippen molar-refractivity contribution in [1.29, 1.82) is 0 Å². The van der Waals surface area contributed by atoms with Gasteiger partial charge in [0.1, 0.15) is 0 Å². The van der Waals surface area contributed by atoms with Gasteiger partial charge in [-0.15, -0.1) is 0 Å². The minimum absolute atomic E-state index is 0.0518. The molecule has 2 heterocycles. The molecule has 0 bridgehead atoms. The first kappa shape index (κ1) is 11.8. The first-order chi connectivity index (χ1) is 8.70. The molecule has 0 aliphatic carbocycles. The number of rotatable bonds is 2. The fraction of sp³-hybridized carbons (Fsp3) is 0.357. The van der Waals surface area contributed by atoms with E-state index in [2.05, 4.69) is 41.6 Å². The molecule has 1 N–H and O–H groups in total. The molecule has 2 aromatic rings. The van der Waals surface area contributed by atoms with Gasteiger partial charge in [0, 0.05) is 17.9 Å². The summed E-state index contributed by atoms with van der Waals surface area (Å²) in [5.41, 5.74) is 5.49. The normalized spacial score (nSPS) is 13.9. The first-order valence-electron chi connectivity index (χ1n) is 6.11. The maximum Gasteiger partial charge on any atom is 0.168 e. The zero-order chi connectivity index (χ0) is 12.7. The highest BCUT2D eigenvalue weighted by Crippen LogP contribution is 2.34. The first-order valence-corrected chi connectivity index (χ1v) is 7.10. The summed E-state index contributed by atoms with van der Waals surface area (Å²) in [6.07, 6.45) is 0. The third-order valence-corrected chi connectivity index (χ3v) is 4.33. The summed E-state index contributed by atoms with van der Waals surface area (Å²) in [6, 6.07) is 6.36. The van der Waals surface area contributed by atoms with Crippen LogP contribution in [0.1, 0.15) is 16.8 Å². The van der Waals surface area contributed by atoms with Crippen molar-refractivity contribution in [2.45, 2.75) is 32.2 Å². The van der Waals surface area contributed by atoms with Crippen molar-refractivity contribution < 1.29 is 5.11 Å². The second kappa shape index (κ2) is 4.44. The van der Waals surface area contributed by atoms with E-state index >= 15 is 0 Å². The van der Waals surface area contributed by atoms with Crippen molar-refractivity contribution in [2.75, 3.05) is 5.75 Å². The molecule has 0 unspecified atom stereocenters. The molecule has 18 heavy (non-hydrogen) atoms. The highest BCUT2D eigenvalue weighted by molar-refractivity contribution is 7.99. The van der Waals surface area contributed by atoms with Gasteiger partial charge in [-0.3, -0.25) is 0 Å². The number of thioether (sulfide) groups is 1. The SMILES string of the molecule is Cc1ccc(-c2nc3n(c2CO)CCS3)c(C)c1. The van der Waals surface area contributed by atoms with Gasteiger partial charge in [0.25, 0.3) is 0 Å². The number of aromatic nitrogens is 2. The number of aryl methyl sites for hydroxylation is 2. The summed E-state index contributed by atoms with van der Waals surface area (Å²) in [5.74, 6) is 1.06. The van der Waals surface area contributed by atoms with E-state index in [1.807, 2.05) is 0 Å². The van der Waals surface area contributed by atoms with Gasteiger partial charge in [-0.2, -0.15) is 0 Å². The Hall–Kier alpha value is -1.26. The minimum Gasteiger partial charge on any atom is -0.390 e. The predicted octanol–water partition coefficient (Wildman–Crippen LogP) is 2.76. The number of imidazole rings is 1. The standard InChI is InChI=1S/C14H16N2OS/c1-9-3-4-11(10(2)7-9)13-12(8-17)16-5-6-18-14(16)15-13/h3-4,7,17H,5-6,8H2,1-2H3. The van der Waals surface area contributed by atoms with E-state index in [0.717, 1.165) is 34.4 Å². The average Bonchev–Trinajstić information content (AvgIpc) is 2.88. The number of fused-ring (bicyclic) bond motifs is 1. The predicted molar refractivity (Wildman–Crippen MR) is 73.8 cm³/mol. The third kappa shape index (κ3) is 1.76. The van der Waals surface area contributed by atoms with Crippen LogP contribution in [0, 0.1) is 13.8 Å². The smallest absolute Gasteiger partial charge is 0.168 e. The maximum atomic E-state index is 9.61. The van der Waals surface area contributed by atoms with Crippen LogP contribution in [0.3, 0.4) is 0 Å². The van der Waals surface area contributed by atoms with Crippen molar-refractivity contribution >= 4 is 11.8 Å². The molecule has 4 heteroatoms. The largest absolute Gasteiger partial charge is 0.390 e. The van der Waals surface area contributed by atoms with Crippen LogP contribution < -0.4 is 0 Å². The summed E-state index contributed by atoms with van der Waals surface area (Å²) in [4.78, 5) is 4.69. The van der Waals surface area contributed by atoms with E-state index in [9.17, 15) is 5.11 Å². The van der Waals surface area contributed by atoms with E-state index in [1.165, 1.54) is 11.1 Å². The Kier molecular flexibility index (Phi) is 2.92. The Balaban J connectivity index is 2.17. The van der Waals surface area contributed by atoms with Gasteiger partial charge in [0.15, 0.2) is 5.16 Å². The van der Waals surface area contributed by atoms with Gasteiger partial charge in [-0.25, -0.2) is 4.98 Å². The molecular weight excluding hydrogens is 244 g/mol. The Bertz CT molecular complexity index is 604. The van der Waals surface area contributed by atoms with E-state index in [1.54, 1.807) is 11.8 Å². The van der Waals surface area contributed by atoms with E-state index < -0.39 is 0 Å². The molecular formula is C14H16N2OS. The Labute approximate surface area is 111 Å². The molecule has 0 amide bonds. The van der Waals surface area contributed by atoms with Gasteiger partial charge in [-0.05, 0) is 19.4 Å². The summed E-state index contributed by atoms with van der Waals surface area (Å²) in [6.45, 7) is 5.19. The molecule has 3 nitrogen and oxygen atoms in total. The monoisotopic (exact) mass is 260 g/mol. The van der Waals surface area contributed by atoms with Crippen molar-refractivity contribution in [3.8, 4) is 11.3 Å². The number of aliphatic hydroxyl groups excluding tert-OH is 1. The number of benzene rings is 1. The number of nitrogens with zero attached hydrogens (tertiary/aromatic N) is 2. The van der Waals surface area contributed by atoms with Gasteiger partial charge >= 0.3 is 0 Å². The number of aliphatic hydroxyl groups is 1. The zero-order valence-electron chi connectivity index (χ0n) is 10.6. The topological polar surface area (TPSA) is 38.0 Å². The molecule has 1 aromatic heterocycles. The molecule has 0 radical (unpaired) electrons. The average molecular weight is 260 g/mol. The quantitative estimate of drug-likeness (QED) is 0.902. The van der Waals surface area contributed by atoms with Crippen LogP contribution in [-0.2, 0) is 13.2 Å². The van der Waals surface area contributed by atoms with Crippen LogP contribution in [0.2, 0.25) is 0 Å². The molecule has 3 rings (SSSR count). The minimum atomic E-state index is 0.0518. The zero-order valence-corrected chi connectivity index (χ0v) is 11.4. The van der Waals surface area contributed by atoms with Gasteiger partial charge in [0.2, 0.25) is 0 Å². The van der Waals surface area contributed by atoms with Crippen molar-refractivity contribution in [1.82, 2.24) is 9.55 Å². The highest BCUT2D eigenvalue weighted by atomic mass is 32.2. The van der Waals surface area contributed by atoms with Gasteiger partial charge in [0.05, 0.1) is 18.0 Å².